The summed E-state index contributed by atoms with van der Waals surface area (Å²) in [6.45, 7) is 3.43. The minimum atomic E-state index is -4.45. The molecule has 112 valence electrons. The van der Waals surface area contributed by atoms with Gasteiger partial charge in [0.1, 0.15) is 22.6 Å². The van der Waals surface area contributed by atoms with E-state index < -0.39 is 38.6 Å². The summed E-state index contributed by atoms with van der Waals surface area (Å²) >= 11 is 0. The van der Waals surface area contributed by atoms with E-state index in [0.717, 1.165) is 6.07 Å². The van der Waals surface area contributed by atoms with Crippen molar-refractivity contribution in [3.05, 3.63) is 29.8 Å². The average Bonchev–Trinajstić information content (AvgIpc) is 2.30. The highest BCUT2D eigenvalue weighted by Crippen LogP contribution is 2.17. The third kappa shape index (κ3) is 4.24. The molecule has 0 fully saturated rings. The van der Waals surface area contributed by atoms with Crippen LogP contribution in [-0.4, -0.2) is 25.5 Å². The lowest BCUT2D eigenvalue weighted by Crippen LogP contribution is -2.41. The van der Waals surface area contributed by atoms with Crippen molar-refractivity contribution in [2.45, 2.75) is 31.2 Å². The fourth-order valence-corrected chi connectivity index (χ4v) is 2.90. The van der Waals surface area contributed by atoms with Gasteiger partial charge >= 0.3 is 5.97 Å². The van der Waals surface area contributed by atoms with Crippen LogP contribution in [0, 0.1) is 17.6 Å². The van der Waals surface area contributed by atoms with E-state index in [2.05, 4.69) is 0 Å². The first-order valence-electron chi connectivity index (χ1n) is 5.83. The molecule has 0 bridgehead atoms. The van der Waals surface area contributed by atoms with Crippen molar-refractivity contribution < 1.29 is 27.1 Å². The molecule has 0 aliphatic heterocycles. The molecular formula is C12H15F2NO4S. The van der Waals surface area contributed by atoms with Gasteiger partial charge in [-0.15, -0.1) is 0 Å². The van der Waals surface area contributed by atoms with E-state index in [0.29, 0.717) is 12.1 Å². The van der Waals surface area contributed by atoms with E-state index in [1.165, 1.54) is 0 Å². The fourth-order valence-electron chi connectivity index (χ4n) is 1.60. The Morgan fingerprint density at radius 2 is 1.95 bits per heavy atom. The largest absolute Gasteiger partial charge is 0.480 e. The third-order valence-electron chi connectivity index (χ3n) is 2.49. The molecule has 0 heterocycles. The normalized spacial score (nSPS) is 13.4. The highest BCUT2D eigenvalue weighted by molar-refractivity contribution is 7.89. The van der Waals surface area contributed by atoms with Crippen molar-refractivity contribution in [1.82, 2.24) is 4.72 Å². The number of carbonyl (C=O) groups is 1. The first kappa shape index (κ1) is 16.5. The molecule has 1 atom stereocenters. The van der Waals surface area contributed by atoms with E-state index in [4.69, 9.17) is 5.11 Å². The average molecular weight is 307 g/mol. The maximum absolute atomic E-state index is 13.4. The molecule has 5 nitrogen and oxygen atoms in total. The van der Waals surface area contributed by atoms with Gasteiger partial charge in [-0.05, 0) is 30.5 Å². The molecule has 8 heteroatoms. The molecule has 0 saturated heterocycles. The van der Waals surface area contributed by atoms with Gasteiger partial charge in [0.2, 0.25) is 10.0 Å². The molecule has 0 saturated carbocycles. The van der Waals surface area contributed by atoms with Crippen molar-refractivity contribution in [3.8, 4) is 0 Å². The highest BCUT2D eigenvalue weighted by atomic mass is 32.2. The molecule has 0 aliphatic carbocycles. The van der Waals surface area contributed by atoms with E-state index in [-0.39, 0.29) is 12.3 Å². The third-order valence-corrected chi connectivity index (χ3v) is 3.97. The Morgan fingerprint density at radius 3 is 2.45 bits per heavy atom. The Bertz CT molecular complexity index is 601. The van der Waals surface area contributed by atoms with Crippen LogP contribution in [0.1, 0.15) is 20.3 Å². The van der Waals surface area contributed by atoms with Gasteiger partial charge in [-0.1, -0.05) is 13.8 Å². The molecule has 0 radical (unpaired) electrons. The predicted molar refractivity (Wildman–Crippen MR) is 67.6 cm³/mol. The van der Waals surface area contributed by atoms with Crippen LogP contribution in [0.3, 0.4) is 0 Å². The lowest BCUT2D eigenvalue weighted by atomic mass is 10.1. The van der Waals surface area contributed by atoms with Gasteiger partial charge in [0, 0.05) is 0 Å². The fraction of sp³-hybridized carbons (Fsp3) is 0.417. The quantitative estimate of drug-likeness (QED) is 0.838. The molecule has 0 spiro atoms. The Balaban J connectivity index is 3.09. The lowest BCUT2D eigenvalue weighted by Gasteiger charge is -2.16. The molecule has 0 aliphatic rings. The number of sulfonamides is 1. The summed E-state index contributed by atoms with van der Waals surface area (Å²) in [7, 11) is -4.45. The van der Waals surface area contributed by atoms with Crippen molar-refractivity contribution in [2.24, 2.45) is 5.92 Å². The summed E-state index contributed by atoms with van der Waals surface area (Å²) in [6.07, 6.45) is 0.0332. The van der Waals surface area contributed by atoms with E-state index >= 15 is 0 Å². The number of carboxylic acid groups (broad SMARTS) is 1. The van der Waals surface area contributed by atoms with Crippen LogP contribution in [0.2, 0.25) is 0 Å². The number of hydrogen-bond acceptors (Lipinski definition) is 3. The number of rotatable bonds is 6. The summed E-state index contributed by atoms with van der Waals surface area (Å²) in [5.74, 6) is -3.54. The molecule has 2 N–H and O–H groups in total. The van der Waals surface area contributed by atoms with Crippen molar-refractivity contribution >= 4 is 16.0 Å². The molecule has 0 aromatic heterocycles. The van der Waals surface area contributed by atoms with Gasteiger partial charge < -0.3 is 5.11 Å². The van der Waals surface area contributed by atoms with Gasteiger partial charge in [-0.25, -0.2) is 17.2 Å². The van der Waals surface area contributed by atoms with Crippen LogP contribution >= 0.6 is 0 Å². The summed E-state index contributed by atoms with van der Waals surface area (Å²) in [6, 6.07) is 0.549. The zero-order valence-corrected chi connectivity index (χ0v) is 11.7. The van der Waals surface area contributed by atoms with Gasteiger partial charge in [0.15, 0.2) is 0 Å². The van der Waals surface area contributed by atoms with Crippen LogP contribution in [0.25, 0.3) is 0 Å². The molecule has 1 aromatic carbocycles. The summed E-state index contributed by atoms with van der Waals surface area (Å²) in [4.78, 5) is 10.1. The van der Waals surface area contributed by atoms with E-state index in [1.807, 2.05) is 4.72 Å². The van der Waals surface area contributed by atoms with Crippen molar-refractivity contribution in [1.29, 1.82) is 0 Å². The topological polar surface area (TPSA) is 83.5 Å². The van der Waals surface area contributed by atoms with E-state index in [9.17, 15) is 22.0 Å². The first-order valence-corrected chi connectivity index (χ1v) is 7.32. The van der Waals surface area contributed by atoms with Gasteiger partial charge in [-0.2, -0.15) is 4.72 Å². The second-order valence-electron chi connectivity index (χ2n) is 4.72. The smallest absolute Gasteiger partial charge is 0.321 e. The number of nitrogens with one attached hydrogen (secondary N) is 1. The van der Waals surface area contributed by atoms with Gasteiger partial charge in [0.25, 0.3) is 0 Å². The zero-order valence-electron chi connectivity index (χ0n) is 10.9. The summed E-state index contributed by atoms with van der Waals surface area (Å²) in [5.41, 5.74) is 0. The molecule has 0 amide bonds. The molecular weight excluding hydrogens is 292 g/mol. The van der Waals surface area contributed by atoms with Crippen LogP contribution < -0.4 is 4.72 Å². The number of hydrogen-bond donors (Lipinski definition) is 2. The number of aliphatic carboxylic acids is 1. The maximum Gasteiger partial charge on any atom is 0.321 e. The van der Waals surface area contributed by atoms with Crippen molar-refractivity contribution in [2.75, 3.05) is 0 Å². The Hall–Kier alpha value is -1.54. The number of carboxylic acids is 1. The minimum absolute atomic E-state index is 0.0332. The van der Waals surface area contributed by atoms with Crippen LogP contribution in [0.5, 0.6) is 0 Å². The second-order valence-corrected chi connectivity index (χ2v) is 6.40. The number of benzene rings is 1. The van der Waals surface area contributed by atoms with Gasteiger partial charge in [0.05, 0.1) is 0 Å². The molecule has 1 aromatic rings. The standard InChI is InChI=1S/C12H15F2NO4S/c1-7(2)5-10(12(16)17)15-20(18,19)11-6-8(13)3-4-9(11)14/h3-4,6-7,10,15H,5H2,1-2H3,(H,16,17)/t10-/m1/s1. The monoisotopic (exact) mass is 307 g/mol. The Labute approximate surface area is 115 Å². The SMILES string of the molecule is CC(C)C[C@@H](NS(=O)(=O)c1cc(F)ccc1F)C(=O)O. The maximum atomic E-state index is 13.4. The van der Waals surface area contributed by atoms with Crippen LogP contribution in [-0.2, 0) is 14.8 Å². The predicted octanol–water partition coefficient (Wildman–Crippen LogP) is 1.74. The summed E-state index contributed by atoms with van der Waals surface area (Å²) in [5, 5.41) is 8.96. The Kier molecular flexibility index (Phi) is 5.18. The van der Waals surface area contributed by atoms with Crippen molar-refractivity contribution in [3.63, 3.8) is 0 Å². The zero-order chi connectivity index (χ0) is 15.5. The van der Waals surface area contributed by atoms with E-state index in [1.54, 1.807) is 13.8 Å². The second kappa shape index (κ2) is 6.27. The molecule has 0 unspecified atom stereocenters. The summed E-state index contributed by atoms with van der Waals surface area (Å²) < 4.78 is 52.2. The van der Waals surface area contributed by atoms with Gasteiger partial charge in [-0.3, -0.25) is 4.79 Å². The Morgan fingerprint density at radius 1 is 1.35 bits per heavy atom. The van der Waals surface area contributed by atoms with Crippen LogP contribution in [0.4, 0.5) is 8.78 Å². The highest BCUT2D eigenvalue weighted by Gasteiger charge is 2.28. The lowest BCUT2D eigenvalue weighted by molar-refractivity contribution is -0.139. The molecule has 1 rings (SSSR count). The first-order chi connectivity index (χ1) is 9.13. The van der Waals surface area contributed by atoms with Crippen LogP contribution in [0.15, 0.2) is 23.1 Å². The number of halogens is 2. The minimum Gasteiger partial charge on any atom is -0.480 e. The molecule has 20 heavy (non-hydrogen) atoms.